The summed E-state index contributed by atoms with van der Waals surface area (Å²) in [5.41, 5.74) is 1.88. The van der Waals surface area contributed by atoms with Crippen molar-refractivity contribution in [1.82, 2.24) is 30.7 Å². The molecule has 0 aromatic heterocycles. The Balaban J connectivity index is 1.42. The van der Waals surface area contributed by atoms with Gasteiger partial charge in [0.1, 0.15) is 77.9 Å². The van der Waals surface area contributed by atoms with Gasteiger partial charge >= 0.3 is 0 Å². The zero-order valence-corrected chi connectivity index (χ0v) is 37.7. The Morgan fingerprint density at radius 1 is 0.652 bits per heavy atom. The van der Waals surface area contributed by atoms with Crippen molar-refractivity contribution >= 4 is 35.4 Å². The highest BCUT2D eigenvalue weighted by Gasteiger charge is 2.45. The Bertz CT molecular complexity index is 2310. The molecule has 20 heteroatoms. The monoisotopic (exact) mass is 918 g/mol. The van der Waals surface area contributed by atoms with Crippen molar-refractivity contribution < 1.29 is 68.5 Å². The summed E-state index contributed by atoms with van der Waals surface area (Å²) in [6.07, 6.45) is -8.39. The number of methoxy groups -OCH3 is 1. The van der Waals surface area contributed by atoms with Gasteiger partial charge in [-0.2, -0.15) is 0 Å². The Hall–Kier alpha value is -6.32. The molecule has 11 unspecified atom stereocenters. The first kappa shape index (κ1) is 49.1. The summed E-state index contributed by atoms with van der Waals surface area (Å²) < 4.78 is 16.9. The molecule has 8 N–H and O–H groups in total. The number of amides is 6. The molecule has 6 amide bonds. The largest absolute Gasteiger partial charge is 0.507 e. The van der Waals surface area contributed by atoms with Gasteiger partial charge in [0, 0.05) is 51.5 Å². The first-order chi connectivity index (χ1) is 31.2. The number of nitrogens with one attached hydrogen (secondary N) is 3. The summed E-state index contributed by atoms with van der Waals surface area (Å²) in [5, 5.41) is 60.9. The fourth-order valence-electron chi connectivity index (χ4n) is 8.32. The summed E-state index contributed by atoms with van der Waals surface area (Å²) in [5.74, 6) is -3.89. The average Bonchev–Trinajstić information content (AvgIpc) is 3.30. The van der Waals surface area contributed by atoms with Crippen LogP contribution in [0.25, 0.3) is 11.1 Å². The summed E-state index contributed by atoms with van der Waals surface area (Å²) in [6.45, 7) is 3.57. The lowest BCUT2D eigenvalue weighted by molar-refractivity contribution is -0.277. The Labute approximate surface area is 381 Å². The van der Waals surface area contributed by atoms with Crippen LogP contribution in [0, 0.1) is 0 Å². The van der Waals surface area contributed by atoms with E-state index in [1.165, 1.54) is 66.1 Å². The van der Waals surface area contributed by atoms with Gasteiger partial charge in [0.05, 0.1) is 13.7 Å². The number of likely N-dealkylation sites (N-methyl/N-ethyl adjacent to an activating group) is 3. The summed E-state index contributed by atoms with van der Waals surface area (Å²) in [6, 6.07) is 8.46. The number of aliphatic hydroxyl groups is 4. The number of ether oxygens (including phenoxy) is 3. The Morgan fingerprint density at radius 3 is 1.86 bits per heavy atom. The summed E-state index contributed by atoms with van der Waals surface area (Å²) in [4.78, 5) is 88.9. The Morgan fingerprint density at radius 2 is 1.23 bits per heavy atom. The maximum atomic E-state index is 14.8. The number of hydrogen-bond acceptors (Lipinski definition) is 14. The quantitative estimate of drug-likeness (QED) is 0.141. The SMILES string of the molecule is COc1ccc(CC2C(=O)NC(C)C(=O)N(C)C3Cc4ccc(c(O)c4)-c4cc(ccc4OC4OC(CO)C(O)C(O)C4O)CC(C(=O)NC(C)C(=O)NC(C)C(=O)N2C)N(C)C3=O)cc1. The van der Waals surface area contributed by atoms with E-state index in [9.17, 15) is 54.3 Å². The molecule has 3 aromatic rings. The normalized spacial score (nSPS) is 29.4. The van der Waals surface area contributed by atoms with Crippen molar-refractivity contribution in [1.29, 1.82) is 0 Å². The van der Waals surface area contributed by atoms with E-state index < -0.39 is 109 Å². The van der Waals surface area contributed by atoms with E-state index in [4.69, 9.17) is 14.2 Å². The number of aromatic hydroxyl groups is 1. The van der Waals surface area contributed by atoms with E-state index in [0.29, 0.717) is 22.4 Å². The van der Waals surface area contributed by atoms with E-state index >= 15 is 0 Å². The molecular weight excluding hydrogens is 861 g/mol. The van der Waals surface area contributed by atoms with Crippen LogP contribution < -0.4 is 25.4 Å². The maximum Gasteiger partial charge on any atom is 0.246 e. The molecule has 2 fully saturated rings. The molecule has 20 nitrogen and oxygen atoms in total. The number of benzene rings is 3. The third-order valence-electron chi connectivity index (χ3n) is 12.5. The topological polar surface area (TPSA) is 277 Å². The predicted octanol–water partition coefficient (Wildman–Crippen LogP) is -1.40. The zero-order valence-electron chi connectivity index (χ0n) is 37.7. The van der Waals surface area contributed by atoms with Crippen LogP contribution in [-0.4, -0.2) is 177 Å². The molecule has 11 atom stereocenters. The van der Waals surface area contributed by atoms with E-state index in [2.05, 4.69) is 16.0 Å². The molecule has 3 aromatic carbocycles. The number of phenolic OH excluding ortho intramolecular Hbond substituents is 1. The number of carbonyl (C=O) groups excluding carboxylic acids is 6. The molecule has 4 aliphatic rings. The van der Waals surface area contributed by atoms with Crippen molar-refractivity contribution in [3.05, 3.63) is 77.4 Å². The molecule has 2 saturated heterocycles. The van der Waals surface area contributed by atoms with Gasteiger partial charge in [0.15, 0.2) is 0 Å². The second kappa shape index (κ2) is 20.5. The predicted molar refractivity (Wildman–Crippen MR) is 235 cm³/mol. The number of hydrogen-bond donors (Lipinski definition) is 8. The third kappa shape index (κ3) is 10.4. The number of nitrogens with zero attached hydrogens (tertiary/aromatic N) is 3. The molecule has 7 rings (SSSR count). The average molecular weight is 919 g/mol. The number of fused-ring (bicyclic) bond motifs is 2. The van der Waals surface area contributed by atoms with Gasteiger partial charge in [-0.25, -0.2) is 0 Å². The molecule has 4 aliphatic heterocycles. The molecule has 356 valence electrons. The van der Waals surface area contributed by atoms with Gasteiger partial charge in [-0.05, 0) is 67.8 Å². The minimum atomic E-state index is -1.76. The second-order valence-electron chi connectivity index (χ2n) is 17.0. The highest BCUT2D eigenvalue weighted by Crippen LogP contribution is 2.40. The third-order valence-corrected chi connectivity index (χ3v) is 12.5. The van der Waals surface area contributed by atoms with Gasteiger partial charge in [0.25, 0.3) is 0 Å². The van der Waals surface area contributed by atoms with Gasteiger partial charge in [-0.1, -0.05) is 30.3 Å². The fourth-order valence-corrected chi connectivity index (χ4v) is 8.32. The summed E-state index contributed by atoms with van der Waals surface area (Å²) in [7, 11) is 5.67. The van der Waals surface area contributed by atoms with E-state index in [1.807, 2.05) is 0 Å². The van der Waals surface area contributed by atoms with E-state index in [1.54, 1.807) is 48.5 Å². The van der Waals surface area contributed by atoms with Crippen LogP contribution in [-0.2, 0) is 52.8 Å². The van der Waals surface area contributed by atoms with Crippen molar-refractivity contribution in [2.45, 2.75) is 107 Å². The van der Waals surface area contributed by atoms with Crippen LogP contribution >= 0.6 is 0 Å². The van der Waals surface area contributed by atoms with E-state index in [0.717, 1.165) is 9.80 Å². The van der Waals surface area contributed by atoms with Crippen LogP contribution in [0.15, 0.2) is 60.7 Å². The van der Waals surface area contributed by atoms with Crippen LogP contribution in [0.5, 0.6) is 17.2 Å². The number of aliphatic hydroxyl groups excluding tert-OH is 4. The number of phenols is 1. The van der Waals surface area contributed by atoms with Crippen molar-refractivity contribution in [3.8, 4) is 28.4 Å². The lowest BCUT2D eigenvalue weighted by atomic mass is 9.95. The minimum absolute atomic E-state index is 0.0125. The number of rotatable bonds is 6. The molecule has 4 heterocycles. The molecule has 0 spiro atoms. The minimum Gasteiger partial charge on any atom is -0.507 e. The lowest BCUT2D eigenvalue weighted by Crippen LogP contribution is -2.61. The molecule has 6 bridgehead atoms. The zero-order chi connectivity index (χ0) is 48.3. The highest BCUT2D eigenvalue weighted by molar-refractivity contribution is 5.98. The van der Waals surface area contributed by atoms with Crippen LogP contribution in [0.4, 0.5) is 0 Å². The standard InChI is InChI=1S/C46H58N6O14/c1-22-40(58)48-23(2)43(61)50(4)31(17-25-8-12-28(64-7)13-9-25)42(60)49-24(3)44(62)52(6)33-19-27-10-14-29(34(54)20-27)30-16-26(18-32(41(59)47-22)51(5)45(33)63)11-15-35(30)65-46-39(57)38(56)37(55)36(21-53)66-46/h8-16,20,22-24,31-33,36-39,46,53-57H,17-19,21H2,1-7H3,(H,47,59)(H,48,58)(H,49,60). The summed E-state index contributed by atoms with van der Waals surface area (Å²) >= 11 is 0. The lowest BCUT2D eigenvalue weighted by Gasteiger charge is -2.39. The molecule has 66 heavy (non-hydrogen) atoms. The van der Waals surface area contributed by atoms with Gasteiger partial charge in [-0.15, -0.1) is 0 Å². The first-order valence-corrected chi connectivity index (χ1v) is 21.5. The van der Waals surface area contributed by atoms with Crippen molar-refractivity contribution in [2.75, 3.05) is 34.9 Å². The fraction of sp³-hybridized carbons (Fsp3) is 0.478. The Kier molecular flexibility index (Phi) is 15.2. The molecule has 0 aliphatic carbocycles. The molecule has 0 saturated carbocycles. The molecule has 0 radical (unpaired) electrons. The number of carbonyl (C=O) groups is 6. The molecular formula is C46H58N6O14. The second-order valence-corrected chi connectivity index (χ2v) is 17.0. The van der Waals surface area contributed by atoms with Gasteiger partial charge in [0.2, 0.25) is 41.7 Å². The van der Waals surface area contributed by atoms with Crippen LogP contribution in [0.2, 0.25) is 0 Å². The van der Waals surface area contributed by atoms with Crippen molar-refractivity contribution in [2.24, 2.45) is 0 Å². The highest BCUT2D eigenvalue weighted by atomic mass is 16.7. The van der Waals surface area contributed by atoms with Gasteiger partial charge < -0.3 is 70.4 Å². The van der Waals surface area contributed by atoms with Gasteiger partial charge in [-0.3, -0.25) is 28.8 Å². The van der Waals surface area contributed by atoms with Crippen LogP contribution in [0.1, 0.15) is 37.5 Å². The maximum absolute atomic E-state index is 14.8. The van der Waals surface area contributed by atoms with E-state index in [-0.39, 0.29) is 41.9 Å². The van der Waals surface area contributed by atoms with Crippen LogP contribution in [0.3, 0.4) is 0 Å². The smallest absolute Gasteiger partial charge is 0.246 e. The first-order valence-electron chi connectivity index (χ1n) is 21.5. The van der Waals surface area contributed by atoms with Crippen molar-refractivity contribution in [3.63, 3.8) is 0 Å².